The molecule has 3 rings (SSSR count). The van der Waals surface area contributed by atoms with E-state index in [0.29, 0.717) is 13.1 Å². The quantitative estimate of drug-likeness (QED) is 0.373. The summed E-state index contributed by atoms with van der Waals surface area (Å²) in [5.41, 5.74) is 7.82. The van der Waals surface area contributed by atoms with Gasteiger partial charge >= 0.3 is 0 Å². The molecular weight excluding hydrogens is 399 g/mol. The molecule has 0 aliphatic carbocycles. The molecule has 0 bridgehead atoms. The fourth-order valence-corrected chi connectivity index (χ4v) is 4.19. The Morgan fingerprint density at radius 2 is 1.62 bits per heavy atom. The second-order valence-electron chi connectivity index (χ2n) is 8.70. The highest BCUT2D eigenvalue weighted by Crippen LogP contribution is 2.34. The first kappa shape index (κ1) is 23.9. The topological polar surface area (TPSA) is 25.4 Å². The third kappa shape index (κ3) is 5.74. The van der Waals surface area contributed by atoms with E-state index in [1.165, 1.54) is 22.8 Å². The van der Waals surface area contributed by atoms with Gasteiger partial charge in [0.25, 0.3) is 0 Å². The van der Waals surface area contributed by atoms with Crippen molar-refractivity contribution in [1.29, 1.82) is 0 Å². The monoisotopic (exact) mass is 434 g/mol. The average molecular weight is 435 g/mol. The van der Waals surface area contributed by atoms with E-state index in [1.54, 1.807) is 12.1 Å². The number of hydrogen-bond donors (Lipinski definition) is 0. The molecule has 0 radical (unpaired) electrons. The largest absolute Gasteiger partial charge is 0.491 e. The summed E-state index contributed by atoms with van der Waals surface area (Å²) in [5.74, 6) is 0.671. The van der Waals surface area contributed by atoms with Crippen LogP contribution in [0.2, 0.25) is 0 Å². The van der Waals surface area contributed by atoms with Crippen LogP contribution >= 0.6 is 0 Å². The van der Waals surface area contributed by atoms with Crippen LogP contribution in [0.5, 0.6) is 5.75 Å². The normalized spacial score (nSPS) is 11.4. The van der Waals surface area contributed by atoms with E-state index in [0.717, 1.165) is 41.1 Å². The van der Waals surface area contributed by atoms with E-state index >= 15 is 0 Å². The third-order valence-electron chi connectivity index (χ3n) is 5.68. The minimum Gasteiger partial charge on any atom is -0.491 e. The number of aromatic nitrogens is 1. The van der Waals surface area contributed by atoms with Crippen LogP contribution in [-0.2, 0) is 25.9 Å². The van der Waals surface area contributed by atoms with E-state index in [9.17, 15) is 4.39 Å². The highest BCUT2D eigenvalue weighted by molar-refractivity contribution is 5.70. The van der Waals surface area contributed by atoms with Gasteiger partial charge in [-0.15, -0.1) is 0 Å². The Hall–Kier alpha value is -2.72. The van der Waals surface area contributed by atoms with Gasteiger partial charge in [0.05, 0.1) is 11.8 Å². The van der Waals surface area contributed by atoms with Crippen molar-refractivity contribution in [2.75, 3.05) is 7.05 Å². The molecule has 0 saturated carbocycles. The summed E-state index contributed by atoms with van der Waals surface area (Å²) in [4.78, 5) is 7.21. The van der Waals surface area contributed by atoms with Gasteiger partial charge < -0.3 is 4.74 Å². The Bertz CT molecular complexity index is 1040. The summed E-state index contributed by atoms with van der Waals surface area (Å²) in [5, 5.41) is 0. The second kappa shape index (κ2) is 10.7. The number of rotatable bonds is 9. The van der Waals surface area contributed by atoms with Gasteiger partial charge in [0, 0.05) is 36.0 Å². The Morgan fingerprint density at radius 1 is 0.969 bits per heavy atom. The maximum Gasteiger partial charge on any atom is 0.128 e. The van der Waals surface area contributed by atoms with Crippen molar-refractivity contribution in [1.82, 2.24) is 9.88 Å². The molecule has 0 spiro atoms. The number of halogens is 1. The van der Waals surface area contributed by atoms with Gasteiger partial charge in [-0.1, -0.05) is 44.2 Å². The minimum absolute atomic E-state index is 0.0592. The molecule has 0 amide bonds. The van der Waals surface area contributed by atoms with E-state index in [1.807, 2.05) is 27.0 Å². The Morgan fingerprint density at radius 3 is 2.22 bits per heavy atom. The van der Waals surface area contributed by atoms with Crippen molar-refractivity contribution < 1.29 is 9.13 Å². The summed E-state index contributed by atoms with van der Waals surface area (Å²) < 4.78 is 19.9. The molecule has 0 unspecified atom stereocenters. The van der Waals surface area contributed by atoms with Crippen molar-refractivity contribution in [3.8, 4) is 17.0 Å². The lowest BCUT2D eigenvalue weighted by Crippen LogP contribution is -2.20. The van der Waals surface area contributed by atoms with Crippen LogP contribution in [0, 0.1) is 12.7 Å². The molecule has 0 atom stereocenters. The van der Waals surface area contributed by atoms with Crippen LogP contribution in [0.15, 0.2) is 48.5 Å². The maximum atomic E-state index is 13.6. The molecule has 1 aromatic heterocycles. The number of ether oxygens (including phenoxy) is 1. The standard InChI is InChI=1S/C28H35FN2O/c1-7-22-12-10-13-23(8-2)28(22)26-16-27(32-19(3)4)25(20(5)30-26)18-31(6)17-21-11-9-14-24(29)15-21/h9-16,19H,7-8,17-18H2,1-6H3. The minimum atomic E-state index is -0.205. The van der Waals surface area contributed by atoms with Gasteiger partial charge in [-0.25, -0.2) is 4.39 Å². The van der Waals surface area contributed by atoms with E-state index in [2.05, 4.69) is 49.9 Å². The Balaban J connectivity index is 1.99. The zero-order valence-corrected chi connectivity index (χ0v) is 20.2. The first-order chi connectivity index (χ1) is 15.3. The van der Waals surface area contributed by atoms with Gasteiger partial charge in [-0.05, 0) is 69.5 Å². The Labute approximate surface area is 192 Å². The number of pyridine rings is 1. The molecule has 32 heavy (non-hydrogen) atoms. The van der Waals surface area contributed by atoms with Crippen LogP contribution in [0.3, 0.4) is 0 Å². The van der Waals surface area contributed by atoms with Gasteiger partial charge in [0.1, 0.15) is 11.6 Å². The molecule has 0 N–H and O–H groups in total. The van der Waals surface area contributed by atoms with Crippen LogP contribution < -0.4 is 4.74 Å². The molecule has 3 nitrogen and oxygen atoms in total. The van der Waals surface area contributed by atoms with Crippen molar-refractivity contribution >= 4 is 0 Å². The lowest BCUT2D eigenvalue weighted by molar-refractivity contribution is 0.232. The van der Waals surface area contributed by atoms with Crippen LogP contribution in [0.1, 0.15) is 55.6 Å². The van der Waals surface area contributed by atoms with E-state index in [4.69, 9.17) is 9.72 Å². The van der Waals surface area contributed by atoms with Crippen molar-refractivity contribution in [3.05, 3.63) is 82.3 Å². The van der Waals surface area contributed by atoms with Crippen molar-refractivity contribution in [2.45, 2.75) is 66.7 Å². The molecule has 4 heteroatoms. The average Bonchev–Trinajstić information content (AvgIpc) is 2.74. The molecular formula is C28H35FN2O. The summed E-state index contributed by atoms with van der Waals surface area (Å²) in [6.07, 6.45) is 1.98. The van der Waals surface area contributed by atoms with Gasteiger partial charge in [0.15, 0.2) is 0 Å². The SMILES string of the molecule is CCc1cccc(CC)c1-c1cc(OC(C)C)c(CN(C)Cc2cccc(F)c2)c(C)n1. The zero-order chi connectivity index (χ0) is 23.3. The van der Waals surface area contributed by atoms with Gasteiger partial charge in [0.2, 0.25) is 0 Å². The highest BCUT2D eigenvalue weighted by Gasteiger charge is 2.18. The van der Waals surface area contributed by atoms with Gasteiger partial charge in [-0.2, -0.15) is 0 Å². The van der Waals surface area contributed by atoms with Crippen LogP contribution in [-0.4, -0.2) is 23.0 Å². The smallest absolute Gasteiger partial charge is 0.128 e. The van der Waals surface area contributed by atoms with Crippen LogP contribution in [0.25, 0.3) is 11.3 Å². The van der Waals surface area contributed by atoms with Crippen molar-refractivity contribution in [3.63, 3.8) is 0 Å². The number of benzene rings is 2. The summed E-state index contributed by atoms with van der Waals surface area (Å²) in [6, 6.07) is 15.4. The molecule has 2 aromatic carbocycles. The summed E-state index contributed by atoms with van der Waals surface area (Å²) in [7, 11) is 2.04. The van der Waals surface area contributed by atoms with E-state index in [-0.39, 0.29) is 11.9 Å². The number of nitrogens with zero attached hydrogens (tertiary/aromatic N) is 2. The molecule has 0 aliphatic rings. The molecule has 1 heterocycles. The summed E-state index contributed by atoms with van der Waals surface area (Å²) >= 11 is 0. The molecule has 170 valence electrons. The summed E-state index contributed by atoms with van der Waals surface area (Å²) in [6.45, 7) is 11.9. The maximum absolute atomic E-state index is 13.6. The highest BCUT2D eigenvalue weighted by atomic mass is 19.1. The van der Waals surface area contributed by atoms with Gasteiger partial charge in [-0.3, -0.25) is 9.88 Å². The lowest BCUT2D eigenvalue weighted by Gasteiger charge is -2.23. The molecule has 0 saturated heterocycles. The second-order valence-corrected chi connectivity index (χ2v) is 8.70. The van der Waals surface area contributed by atoms with Crippen LogP contribution in [0.4, 0.5) is 4.39 Å². The Kier molecular flexibility index (Phi) is 8.03. The fraction of sp³-hybridized carbons (Fsp3) is 0.393. The number of aryl methyl sites for hydroxylation is 3. The number of hydrogen-bond acceptors (Lipinski definition) is 3. The van der Waals surface area contributed by atoms with E-state index < -0.39 is 0 Å². The first-order valence-corrected chi connectivity index (χ1v) is 11.5. The fourth-order valence-electron chi connectivity index (χ4n) is 4.19. The van der Waals surface area contributed by atoms with Crippen molar-refractivity contribution in [2.24, 2.45) is 0 Å². The predicted octanol–water partition coefficient (Wildman–Crippen LogP) is 6.74. The lowest BCUT2D eigenvalue weighted by atomic mass is 9.94. The predicted molar refractivity (Wildman–Crippen MR) is 131 cm³/mol. The molecule has 3 aromatic rings. The molecule has 0 aliphatic heterocycles. The molecule has 0 fully saturated rings. The zero-order valence-electron chi connectivity index (χ0n) is 20.2. The first-order valence-electron chi connectivity index (χ1n) is 11.5. The third-order valence-corrected chi connectivity index (χ3v) is 5.68.